The van der Waals surface area contributed by atoms with E-state index in [1.165, 1.54) is 0 Å². The zero-order valence-corrected chi connectivity index (χ0v) is 15.9. The van der Waals surface area contributed by atoms with Crippen LogP contribution in [0.1, 0.15) is 66.2 Å². The molecule has 0 saturated carbocycles. The lowest BCUT2D eigenvalue weighted by molar-refractivity contribution is 0.604. The fraction of sp³-hybridized carbons (Fsp3) is 0.706. The van der Waals surface area contributed by atoms with Gasteiger partial charge in [0.25, 0.3) is 0 Å². The van der Waals surface area contributed by atoms with Crippen molar-refractivity contribution in [1.29, 1.82) is 0 Å². The van der Waals surface area contributed by atoms with Crippen LogP contribution in [0.4, 0.5) is 17.8 Å². The molecule has 1 aromatic rings. The van der Waals surface area contributed by atoms with Crippen molar-refractivity contribution in [2.75, 3.05) is 16.6 Å². The summed E-state index contributed by atoms with van der Waals surface area (Å²) in [6, 6.07) is 0. The van der Waals surface area contributed by atoms with Gasteiger partial charge in [-0.25, -0.2) is 10.9 Å². The van der Waals surface area contributed by atoms with Crippen LogP contribution in [0.15, 0.2) is 10.2 Å². The van der Waals surface area contributed by atoms with E-state index in [0.717, 1.165) is 38.5 Å². The summed E-state index contributed by atoms with van der Waals surface area (Å²) in [5, 5.41) is 8.42. The molecule has 2 unspecified atom stereocenters. The summed E-state index contributed by atoms with van der Waals surface area (Å²) in [6.07, 6.45) is 10.4. The van der Waals surface area contributed by atoms with Gasteiger partial charge >= 0.3 is 0 Å². The molecule has 1 heterocycles. The Morgan fingerprint density at radius 2 is 1.28 bits per heavy atom. The van der Waals surface area contributed by atoms with E-state index in [0.29, 0.717) is 23.7 Å². The first-order valence-electron chi connectivity index (χ1n) is 9.22. The number of hydrazone groups is 2. The molecule has 1 aromatic heterocycles. The molecule has 0 bridgehead atoms. The zero-order chi connectivity index (χ0) is 18.5. The van der Waals surface area contributed by atoms with Gasteiger partial charge in [-0.05, 0) is 37.5 Å². The Balaban J connectivity index is 2.66. The highest BCUT2D eigenvalue weighted by molar-refractivity contribution is 5.62. The lowest BCUT2D eigenvalue weighted by Gasteiger charge is -2.08. The summed E-state index contributed by atoms with van der Waals surface area (Å²) in [7, 11) is 0. The van der Waals surface area contributed by atoms with Crippen molar-refractivity contribution >= 4 is 30.3 Å². The monoisotopic (exact) mass is 348 g/mol. The minimum absolute atomic E-state index is 0.117. The van der Waals surface area contributed by atoms with Crippen LogP contribution in [0, 0.1) is 11.8 Å². The van der Waals surface area contributed by atoms with E-state index in [4.69, 9.17) is 5.73 Å². The van der Waals surface area contributed by atoms with Gasteiger partial charge in [0, 0.05) is 12.4 Å². The van der Waals surface area contributed by atoms with Crippen molar-refractivity contribution < 1.29 is 0 Å². The molecule has 140 valence electrons. The molecule has 8 heteroatoms. The summed E-state index contributed by atoms with van der Waals surface area (Å²) in [5.41, 5.74) is 11.4. The minimum Gasteiger partial charge on any atom is -0.368 e. The quantitative estimate of drug-likeness (QED) is 0.390. The fourth-order valence-electron chi connectivity index (χ4n) is 2.40. The van der Waals surface area contributed by atoms with E-state index >= 15 is 0 Å². The highest BCUT2D eigenvalue weighted by Crippen LogP contribution is 2.10. The van der Waals surface area contributed by atoms with E-state index in [1.807, 2.05) is 12.4 Å². The molecule has 1 rings (SSSR count). The Morgan fingerprint density at radius 3 is 1.64 bits per heavy atom. The first-order chi connectivity index (χ1) is 12.1. The number of anilines is 3. The summed E-state index contributed by atoms with van der Waals surface area (Å²) >= 11 is 0. The molecule has 0 aliphatic heterocycles. The van der Waals surface area contributed by atoms with E-state index < -0.39 is 0 Å². The molecule has 0 aromatic carbocycles. The SMILES string of the molecule is CCCC(/C=N/Nc1nc(N)nc(N/N=C/C(CC)CCC)n1)CC. The molecule has 25 heavy (non-hydrogen) atoms. The second-order valence-electron chi connectivity index (χ2n) is 6.03. The molecule has 2 atom stereocenters. The van der Waals surface area contributed by atoms with Gasteiger partial charge < -0.3 is 5.73 Å². The maximum absolute atomic E-state index is 5.72. The molecule has 0 aliphatic rings. The standard InChI is InChI=1S/C17H32N8/c1-5-9-13(7-3)11-19-24-16-21-15(18)22-17(23-16)25-20-12-14(8-4)10-6-2/h11-14H,5-10H2,1-4H3,(H4,18,21,22,23,24,25)/b19-11+,20-12+. The van der Waals surface area contributed by atoms with E-state index in [-0.39, 0.29) is 5.95 Å². The topological polar surface area (TPSA) is 113 Å². The van der Waals surface area contributed by atoms with Gasteiger partial charge in [0.1, 0.15) is 0 Å². The van der Waals surface area contributed by atoms with Crippen molar-refractivity contribution in [2.45, 2.75) is 66.2 Å². The van der Waals surface area contributed by atoms with Crippen LogP contribution in [0.2, 0.25) is 0 Å². The molecule has 0 radical (unpaired) electrons. The van der Waals surface area contributed by atoms with Crippen LogP contribution in [0.25, 0.3) is 0 Å². The number of nitrogens with two attached hydrogens (primary N) is 1. The molecule has 0 aliphatic carbocycles. The van der Waals surface area contributed by atoms with E-state index in [9.17, 15) is 0 Å². The first kappa shape index (κ1) is 20.8. The number of nitrogen functional groups attached to an aromatic ring is 1. The van der Waals surface area contributed by atoms with Crippen molar-refractivity contribution in [3.05, 3.63) is 0 Å². The highest BCUT2D eigenvalue weighted by Gasteiger charge is 2.05. The molecule has 0 saturated heterocycles. The van der Waals surface area contributed by atoms with Crippen LogP contribution >= 0.6 is 0 Å². The smallest absolute Gasteiger partial charge is 0.250 e. The van der Waals surface area contributed by atoms with Crippen molar-refractivity contribution in [2.24, 2.45) is 22.0 Å². The van der Waals surface area contributed by atoms with Crippen LogP contribution in [0.5, 0.6) is 0 Å². The normalized spacial score (nSPS) is 14.1. The van der Waals surface area contributed by atoms with Crippen molar-refractivity contribution in [3.8, 4) is 0 Å². The van der Waals surface area contributed by atoms with Gasteiger partial charge in [0.05, 0.1) is 0 Å². The second kappa shape index (κ2) is 12.2. The predicted molar refractivity (Wildman–Crippen MR) is 106 cm³/mol. The van der Waals surface area contributed by atoms with Gasteiger partial charge in [0.2, 0.25) is 17.8 Å². The Hall–Kier alpha value is -2.25. The van der Waals surface area contributed by atoms with Gasteiger partial charge in [-0.15, -0.1) is 0 Å². The number of aromatic nitrogens is 3. The van der Waals surface area contributed by atoms with Crippen molar-refractivity contribution in [3.63, 3.8) is 0 Å². The Kier molecular flexibility index (Phi) is 10.1. The zero-order valence-electron chi connectivity index (χ0n) is 15.9. The summed E-state index contributed by atoms with van der Waals surface area (Å²) < 4.78 is 0. The number of nitrogens with one attached hydrogen (secondary N) is 2. The van der Waals surface area contributed by atoms with Crippen LogP contribution in [-0.4, -0.2) is 27.4 Å². The minimum atomic E-state index is 0.117. The highest BCUT2D eigenvalue weighted by atomic mass is 15.4. The van der Waals surface area contributed by atoms with Gasteiger partial charge in [-0.3, -0.25) is 0 Å². The summed E-state index contributed by atoms with van der Waals surface area (Å²) in [4.78, 5) is 12.3. The maximum Gasteiger partial charge on any atom is 0.250 e. The van der Waals surface area contributed by atoms with Crippen LogP contribution in [0.3, 0.4) is 0 Å². The fourth-order valence-corrected chi connectivity index (χ4v) is 2.40. The largest absolute Gasteiger partial charge is 0.368 e. The average molecular weight is 348 g/mol. The van der Waals surface area contributed by atoms with Crippen LogP contribution < -0.4 is 16.6 Å². The molecular formula is C17H32N8. The maximum atomic E-state index is 5.72. The third-order valence-corrected chi connectivity index (χ3v) is 3.92. The Bertz CT molecular complexity index is 499. The molecule has 8 nitrogen and oxygen atoms in total. The third kappa shape index (κ3) is 8.42. The molecule has 0 spiro atoms. The summed E-state index contributed by atoms with van der Waals surface area (Å²) in [6.45, 7) is 8.63. The third-order valence-electron chi connectivity index (χ3n) is 3.92. The Labute approximate surface area is 150 Å². The molecule has 0 amide bonds. The number of rotatable bonds is 12. The number of nitrogens with zero attached hydrogens (tertiary/aromatic N) is 5. The second-order valence-corrected chi connectivity index (χ2v) is 6.03. The lowest BCUT2D eigenvalue weighted by atomic mass is 10.0. The lowest BCUT2D eigenvalue weighted by Crippen LogP contribution is -2.08. The number of hydrogen-bond acceptors (Lipinski definition) is 8. The predicted octanol–water partition coefficient (Wildman–Crippen LogP) is 3.90. The first-order valence-corrected chi connectivity index (χ1v) is 9.22. The molecular weight excluding hydrogens is 316 g/mol. The van der Waals surface area contributed by atoms with Crippen molar-refractivity contribution in [1.82, 2.24) is 15.0 Å². The number of hydrogen-bond donors (Lipinski definition) is 3. The molecule has 4 N–H and O–H groups in total. The average Bonchev–Trinajstić information content (AvgIpc) is 2.59. The van der Waals surface area contributed by atoms with Gasteiger partial charge in [-0.1, -0.05) is 40.5 Å². The summed E-state index contributed by atoms with van der Waals surface area (Å²) in [5.74, 6) is 1.61. The van der Waals surface area contributed by atoms with E-state index in [1.54, 1.807) is 0 Å². The molecule has 0 fully saturated rings. The Morgan fingerprint density at radius 1 is 0.840 bits per heavy atom. The van der Waals surface area contributed by atoms with Gasteiger partial charge in [-0.2, -0.15) is 25.2 Å². The van der Waals surface area contributed by atoms with Gasteiger partial charge in [0.15, 0.2) is 0 Å². The van der Waals surface area contributed by atoms with E-state index in [2.05, 4.69) is 63.7 Å². The van der Waals surface area contributed by atoms with Crippen LogP contribution in [-0.2, 0) is 0 Å².